The number of hydrogen-bond donors (Lipinski definition) is 0. The molecule has 1 aromatic rings. The van der Waals surface area contributed by atoms with Gasteiger partial charge in [0, 0.05) is 11.3 Å². The average molecular weight is 195 g/mol. The molecule has 13 heavy (non-hydrogen) atoms. The standard InChI is InChI=1S/C10H13NOS/c1-7(2)10-11-9(6-13-10)5-4-8(3)12/h4-7H,1-3H3/b5-4+. The fraction of sp³-hybridized carbons (Fsp3) is 0.400. The molecular formula is C10H13NOS. The first kappa shape index (κ1) is 10.1. The first-order valence-corrected chi connectivity index (χ1v) is 5.11. The molecule has 3 heteroatoms. The Hall–Kier alpha value is -0.960. The van der Waals surface area contributed by atoms with E-state index >= 15 is 0 Å². The van der Waals surface area contributed by atoms with Gasteiger partial charge in [0.1, 0.15) is 0 Å². The first-order valence-electron chi connectivity index (χ1n) is 4.23. The molecule has 0 saturated carbocycles. The number of aromatic nitrogens is 1. The molecule has 0 amide bonds. The van der Waals surface area contributed by atoms with Crippen LogP contribution >= 0.6 is 11.3 Å². The van der Waals surface area contributed by atoms with Crippen molar-refractivity contribution in [2.24, 2.45) is 0 Å². The predicted octanol–water partition coefficient (Wildman–Crippen LogP) is 2.87. The maximum Gasteiger partial charge on any atom is 0.152 e. The highest BCUT2D eigenvalue weighted by atomic mass is 32.1. The lowest BCUT2D eigenvalue weighted by atomic mass is 10.2. The molecule has 0 aliphatic heterocycles. The van der Waals surface area contributed by atoms with Gasteiger partial charge in [-0.1, -0.05) is 13.8 Å². The van der Waals surface area contributed by atoms with Crippen molar-refractivity contribution >= 4 is 23.2 Å². The Bertz CT molecular complexity index is 325. The van der Waals surface area contributed by atoms with Crippen LogP contribution in [0, 0.1) is 0 Å². The van der Waals surface area contributed by atoms with E-state index in [4.69, 9.17) is 0 Å². The number of thiazole rings is 1. The SMILES string of the molecule is CC(=O)/C=C/c1csc(C(C)C)n1. The second-order valence-corrected chi connectivity index (χ2v) is 4.10. The van der Waals surface area contributed by atoms with Crippen LogP contribution < -0.4 is 0 Å². The highest BCUT2D eigenvalue weighted by Crippen LogP contribution is 2.19. The second-order valence-electron chi connectivity index (χ2n) is 3.21. The fourth-order valence-electron chi connectivity index (χ4n) is 0.845. The third-order valence-electron chi connectivity index (χ3n) is 1.52. The molecule has 0 N–H and O–H groups in total. The number of allylic oxidation sites excluding steroid dienone is 1. The monoisotopic (exact) mass is 195 g/mol. The highest BCUT2D eigenvalue weighted by Gasteiger charge is 2.03. The van der Waals surface area contributed by atoms with Gasteiger partial charge in [-0.25, -0.2) is 4.98 Å². The molecular weight excluding hydrogens is 182 g/mol. The number of nitrogens with zero attached hydrogens (tertiary/aromatic N) is 1. The van der Waals surface area contributed by atoms with Crippen molar-refractivity contribution in [3.8, 4) is 0 Å². The zero-order valence-corrected chi connectivity index (χ0v) is 8.89. The summed E-state index contributed by atoms with van der Waals surface area (Å²) in [5, 5.41) is 3.08. The van der Waals surface area contributed by atoms with Gasteiger partial charge in [-0.15, -0.1) is 11.3 Å². The van der Waals surface area contributed by atoms with E-state index in [2.05, 4.69) is 18.8 Å². The number of carbonyl (C=O) groups excluding carboxylic acids is 1. The van der Waals surface area contributed by atoms with Crippen LogP contribution in [-0.4, -0.2) is 10.8 Å². The van der Waals surface area contributed by atoms with Crippen LogP contribution in [0.4, 0.5) is 0 Å². The Kier molecular flexibility index (Phi) is 3.37. The lowest BCUT2D eigenvalue weighted by molar-refractivity contribution is -0.112. The Labute approximate surface area is 82.3 Å². The summed E-state index contributed by atoms with van der Waals surface area (Å²) in [6.07, 6.45) is 3.30. The maximum absolute atomic E-state index is 10.6. The smallest absolute Gasteiger partial charge is 0.152 e. The van der Waals surface area contributed by atoms with E-state index in [1.807, 2.05) is 5.38 Å². The number of rotatable bonds is 3. The molecule has 0 bridgehead atoms. The van der Waals surface area contributed by atoms with Gasteiger partial charge < -0.3 is 0 Å². The summed E-state index contributed by atoms with van der Waals surface area (Å²) in [7, 11) is 0. The quantitative estimate of drug-likeness (QED) is 0.694. The molecule has 1 rings (SSSR count). The number of ketones is 1. The molecule has 0 unspecified atom stereocenters. The summed E-state index contributed by atoms with van der Waals surface area (Å²) in [6, 6.07) is 0. The maximum atomic E-state index is 10.6. The van der Waals surface area contributed by atoms with Gasteiger partial charge in [-0.05, 0) is 19.1 Å². The molecule has 0 aliphatic carbocycles. The highest BCUT2D eigenvalue weighted by molar-refractivity contribution is 7.09. The van der Waals surface area contributed by atoms with Gasteiger partial charge in [0.15, 0.2) is 5.78 Å². The normalized spacial score (nSPS) is 11.4. The van der Waals surface area contributed by atoms with E-state index in [9.17, 15) is 4.79 Å². The van der Waals surface area contributed by atoms with Crippen molar-refractivity contribution in [3.63, 3.8) is 0 Å². The van der Waals surface area contributed by atoms with Crippen LogP contribution in [0.3, 0.4) is 0 Å². The summed E-state index contributed by atoms with van der Waals surface area (Å²) < 4.78 is 0. The molecule has 2 nitrogen and oxygen atoms in total. The van der Waals surface area contributed by atoms with Gasteiger partial charge in [0.05, 0.1) is 10.7 Å². The van der Waals surface area contributed by atoms with Gasteiger partial charge >= 0.3 is 0 Å². The summed E-state index contributed by atoms with van der Waals surface area (Å²) in [6.45, 7) is 5.75. The van der Waals surface area contributed by atoms with Crippen LogP contribution in [-0.2, 0) is 4.79 Å². The zero-order valence-electron chi connectivity index (χ0n) is 8.07. The van der Waals surface area contributed by atoms with Crippen LogP contribution in [0.15, 0.2) is 11.5 Å². The Balaban J connectivity index is 2.75. The largest absolute Gasteiger partial charge is 0.295 e. The summed E-state index contributed by atoms with van der Waals surface area (Å²) >= 11 is 1.64. The van der Waals surface area contributed by atoms with Crippen LogP contribution in [0.25, 0.3) is 6.08 Å². The van der Waals surface area contributed by atoms with Gasteiger partial charge in [-0.3, -0.25) is 4.79 Å². The Morgan fingerprint density at radius 1 is 1.62 bits per heavy atom. The Morgan fingerprint density at radius 2 is 2.31 bits per heavy atom. The third kappa shape index (κ3) is 3.11. The van der Waals surface area contributed by atoms with Crippen molar-refractivity contribution in [1.29, 1.82) is 0 Å². The molecule has 70 valence electrons. The fourth-order valence-corrected chi connectivity index (χ4v) is 1.65. The predicted molar refractivity (Wildman–Crippen MR) is 55.9 cm³/mol. The van der Waals surface area contributed by atoms with Crippen molar-refractivity contribution in [2.45, 2.75) is 26.7 Å². The minimum Gasteiger partial charge on any atom is -0.295 e. The molecule has 1 aromatic heterocycles. The molecule has 0 radical (unpaired) electrons. The molecule has 1 heterocycles. The molecule has 0 fully saturated rings. The van der Waals surface area contributed by atoms with Crippen molar-refractivity contribution < 1.29 is 4.79 Å². The van der Waals surface area contributed by atoms with E-state index in [0.717, 1.165) is 10.7 Å². The van der Waals surface area contributed by atoms with E-state index in [-0.39, 0.29) is 5.78 Å². The van der Waals surface area contributed by atoms with Crippen molar-refractivity contribution in [1.82, 2.24) is 4.98 Å². The van der Waals surface area contributed by atoms with E-state index in [0.29, 0.717) is 5.92 Å². The lowest BCUT2D eigenvalue weighted by Crippen LogP contribution is -1.85. The molecule has 0 aliphatic rings. The zero-order chi connectivity index (χ0) is 9.84. The van der Waals surface area contributed by atoms with Gasteiger partial charge in [0.2, 0.25) is 0 Å². The van der Waals surface area contributed by atoms with Crippen molar-refractivity contribution in [2.75, 3.05) is 0 Å². The Morgan fingerprint density at radius 3 is 2.77 bits per heavy atom. The van der Waals surface area contributed by atoms with E-state index in [1.54, 1.807) is 23.5 Å². The summed E-state index contributed by atoms with van der Waals surface area (Å²) in [5.74, 6) is 0.517. The lowest BCUT2D eigenvalue weighted by Gasteiger charge is -1.94. The summed E-state index contributed by atoms with van der Waals surface area (Å²) in [4.78, 5) is 15.0. The van der Waals surface area contributed by atoms with Gasteiger partial charge in [0.25, 0.3) is 0 Å². The van der Waals surface area contributed by atoms with Gasteiger partial charge in [-0.2, -0.15) is 0 Å². The topological polar surface area (TPSA) is 30.0 Å². The van der Waals surface area contributed by atoms with E-state index in [1.165, 1.54) is 6.92 Å². The molecule has 0 atom stereocenters. The van der Waals surface area contributed by atoms with Crippen LogP contribution in [0.5, 0.6) is 0 Å². The first-order chi connectivity index (χ1) is 6.09. The minimum absolute atomic E-state index is 0.0547. The van der Waals surface area contributed by atoms with Crippen molar-refractivity contribution in [3.05, 3.63) is 22.2 Å². The average Bonchev–Trinajstić information content (AvgIpc) is 2.48. The number of carbonyl (C=O) groups is 1. The third-order valence-corrected chi connectivity index (χ3v) is 2.69. The van der Waals surface area contributed by atoms with E-state index < -0.39 is 0 Å². The minimum atomic E-state index is 0.0547. The van der Waals surface area contributed by atoms with Crippen LogP contribution in [0.2, 0.25) is 0 Å². The summed E-state index contributed by atoms with van der Waals surface area (Å²) in [5.41, 5.74) is 0.879. The molecule has 0 saturated heterocycles. The number of hydrogen-bond acceptors (Lipinski definition) is 3. The van der Waals surface area contributed by atoms with Crippen LogP contribution in [0.1, 0.15) is 37.4 Å². The second kappa shape index (κ2) is 4.33. The molecule has 0 spiro atoms. The molecule has 0 aromatic carbocycles.